The fourth-order valence-electron chi connectivity index (χ4n) is 2.22. The Labute approximate surface area is 110 Å². The predicted molar refractivity (Wildman–Crippen MR) is 66.1 cm³/mol. The number of amidine groups is 1. The number of likely N-dealkylation sites (tertiary alicyclic amines) is 1. The van der Waals surface area contributed by atoms with Crippen molar-refractivity contribution in [3.8, 4) is 0 Å². The highest BCUT2D eigenvalue weighted by Crippen LogP contribution is 2.26. The monoisotopic (exact) mass is 282 g/mol. The first kappa shape index (κ1) is 16.0. The van der Waals surface area contributed by atoms with Crippen LogP contribution in [0.2, 0.25) is 0 Å². The van der Waals surface area contributed by atoms with Crippen molar-refractivity contribution < 1.29 is 18.4 Å². The lowest BCUT2D eigenvalue weighted by molar-refractivity contribution is -0.155. The second kappa shape index (κ2) is 6.42. The number of hydrogen-bond donors (Lipinski definition) is 3. The average molecular weight is 282 g/mol. The molecule has 1 rings (SSSR count). The molecule has 1 heterocycles. The number of oxime groups is 1. The van der Waals surface area contributed by atoms with Crippen LogP contribution in [0.1, 0.15) is 19.8 Å². The van der Waals surface area contributed by atoms with Gasteiger partial charge < -0.3 is 21.2 Å². The van der Waals surface area contributed by atoms with Crippen molar-refractivity contribution in [2.45, 2.75) is 38.0 Å². The molecule has 0 aromatic heterocycles. The Kier molecular flexibility index (Phi) is 5.42. The van der Waals surface area contributed by atoms with Crippen LogP contribution in [0.5, 0.6) is 0 Å². The normalized spacial score (nSPS) is 28.4. The van der Waals surface area contributed by atoms with Gasteiger partial charge in [-0.25, -0.2) is 0 Å². The van der Waals surface area contributed by atoms with Crippen molar-refractivity contribution in [2.75, 3.05) is 20.1 Å². The molecule has 0 spiro atoms. The van der Waals surface area contributed by atoms with Crippen LogP contribution >= 0.6 is 0 Å². The first-order valence-corrected chi connectivity index (χ1v) is 6.23. The smallest absolute Gasteiger partial charge is 0.400 e. The number of halogens is 3. The Morgan fingerprint density at radius 1 is 1.58 bits per heavy atom. The molecule has 112 valence electrons. The van der Waals surface area contributed by atoms with Crippen LogP contribution in [0.15, 0.2) is 5.16 Å². The number of nitrogens with one attached hydrogen (secondary N) is 1. The maximum Gasteiger partial charge on any atom is 0.400 e. The van der Waals surface area contributed by atoms with E-state index in [1.165, 1.54) is 0 Å². The van der Waals surface area contributed by atoms with Crippen molar-refractivity contribution in [1.29, 1.82) is 0 Å². The van der Waals surface area contributed by atoms with Gasteiger partial charge >= 0.3 is 6.18 Å². The molecule has 1 aliphatic rings. The SMILES string of the molecule is CC1CC(NCC(C(N)=NO)C(F)(F)F)CCN1C. The van der Waals surface area contributed by atoms with E-state index in [-0.39, 0.29) is 12.6 Å². The highest BCUT2D eigenvalue weighted by atomic mass is 19.4. The Balaban J connectivity index is 2.53. The fourth-order valence-corrected chi connectivity index (χ4v) is 2.22. The summed E-state index contributed by atoms with van der Waals surface area (Å²) in [7, 11) is 2.00. The second-order valence-electron chi connectivity index (χ2n) is 5.08. The van der Waals surface area contributed by atoms with E-state index in [4.69, 9.17) is 10.9 Å². The summed E-state index contributed by atoms with van der Waals surface area (Å²) in [5.41, 5.74) is 5.10. The van der Waals surface area contributed by atoms with E-state index < -0.39 is 17.9 Å². The Morgan fingerprint density at radius 3 is 2.68 bits per heavy atom. The van der Waals surface area contributed by atoms with Gasteiger partial charge in [0.1, 0.15) is 5.92 Å². The van der Waals surface area contributed by atoms with E-state index in [0.717, 1.165) is 19.4 Å². The summed E-state index contributed by atoms with van der Waals surface area (Å²) in [5.74, 6) is -2.76. The molecule has 0 aliphatic carbocycles. The number of nitrogens with zero attached hydrogens (tertiary/aromatic N) is 2. The first-order valence-electron chi connectivity index (χ1n) is 6.23. The molecule has 1 saturated heterocycles. The minimum atomic E-state index is -4.51. The van der Waals surface area contributed by atoms with Crippen LogP contribution in [-0.4, -0.2) is 54.3 Å². The standard InChI is InChI=1S/C11H21F3N4O/c1-7-5-8(3-4-18(7)2)16-6-9(10(15)17-19)11(12,13)14/h7-9,16,19H,3-6H2,1-2H3,(H2,15,17). The van der Waals surface area contributed by atoms with Crippen molar-refractivity contribution >= 4 is 5.84 Å². The summed E-state index contributed by atoms with van der Waals surface area (Å²) >= 11 is 0. The maximum atomic E-state index is 12.7. The van der Waals surface area contributed by atoms with E-state index in [0.29, 0.717) is 6.04 Å². The maximum absolute atomic E-state index is 12.7. The Morgan fingerprint density at radius 2 is 2.21 bits per heavy atom. The quantitative estimate of drug-likeness (QED) is 0.311. The van der Waals surface area contributed by atoms with Gasteiger partial charge in [-0.1, -0.05) is 5.16 Å². The van der Waals surface area contributed by atoms with Gasteiger partial charge in [-0.15, -0.1) is 0 Å². The molecule has 0 radical (unpaired) electrons. The van der Waals surface area contributed by atoms with Crippen LogP contribution in [0.3, 0.4) is 0 Å². The van der Waals surface area contributed by atoms with Crippen LogP contribution in [0.25, 0.3) is 0 Å². The Hall–Kier alpha value is -1.02. The molecule has 19 heavy (non-hydrogen) atoms. The lowest BCUT2D eigenvalue weighted by Crippen LogP contribution is -2.50. The van der Waals surface area contributed by atoms with Crippen LogP contribution < -0.4 is 11.1 Å². The molecule has 4 N–H and O–H groups in total. The van der Waals surface area contributed by atoms with Gasteiger partial charge in [0.05, 0.1) is 0 Å². The van der Waals surface area contributed by atoms with Gasteiger partial charge in [0.2, 0.25) is 0 Å². The summed E-state index contributed by atoms with van der Waals surface area (Å²) in [6.45, 7) is 2.53. The molecule has 3 unspecified atom stereocenters. The van der Waals surface area contributed by atoms with Crippen LogP contribution in [-0.2, 0) is 0 Å². The molecule has 3 atom stereocenters. The average Bonchev–Trinajstić information content (AvgIpc) is 2.31. The molecule has 1 aliphatic heterocycles. The Bertz CT molecular complexity index is 322. The van der Waals surface area contributed by atoms with E-state index in [9.17, 15) is 13.2 Å². The highest BCUT2D eigenvalue weighted by molar-refractivity contribution is 5.83. The van der Waals surface area contributed by atoms with E-state index in [2.05, 4.69) is 15.4 Å². The molecule has 0 aromatic carbocycles. The molecule has 1 fully saturated rings. The van der Waals surface area contributed by atoms with E-state index in [1.807, 2.05) is 14.0 Å². The lowest BCUT2D eigenvalue weighted by atomic mass is 9.98. The minimum absolute atomic E-state index is 0.0301. The van der Waals surface area contributed by atoms with Crippen LogP contribution in [0, 0.1) is 5.92 Å². The van der Waals surface area contributed by atoms with Gasteiger partial charge in [0, 0.05) is 18.6 Å². The molecule has 0 amide bonds. The third-order valence-corrected chi connectivity index (χ3v) is 3.69. The number of alkyl halides is 3. The van der Waals surface area contributed by atoms with E-state index >= 15 is 0 Å². The predicted octanol–water partition coefficient (Wildman–Crippen LogP) is 0.984. The van der Waals surface area contributed by atoms with Crippen LogP contribution in [0.4, 0.5) is 13.2 Å². The van der Waals surface area contributed by atoms with Crippen molar-refractivity contribution in [1.82, 2.24) is 10.2 Å². The number of rotatable bonds is 4. The summed E-state index contributed by atoms with van der Waals surface area (Å²) in [5, 5.41) is 13.8. The molecule has 0 bridgehead atoms. The second-order valence-corrected chi connectivity index (χ2v) is 5.08. The van der Waals surface area contributed by atoms with Gasteiger partial charge in [-0.3, -0.25) is 0 Å². The number of piperidine rings is 1. The summed E-state index contributed by atoms with van der Waals surface area (Å²) < 4.78 is 38.2. The van der Waals surface area contributed by atoms with Crippen molar-refractivity contribution in [3.05, 3.63) is 0 Å². The molecule has 5 nitrogen and oxygen atoms in total. The van der Waals surface area contributed by atoms with Gasteiger partial charge in [0.15, 0.2) is 5.84 Å². The summed E-state index contributed by atoms with van der Waals surface area (Å²) in [4.78, 5) is 2.17. The van der Waals surface area contributed by atoms with E-state index in [1.54, 1.807) is 0 Å². The topological polar surface area (TPSA) is 73.9 Å². The fraction of sp³-hybridized carbons (Fsp3) is 0.909. The van der Waals surface area contributed by atoms with Crippen molar-refractivity contribution in [2.24, 2.45) is 16.8 Å². The molecular weight excluding hydrogens is 261 g/mol. The van der Waals surface area contributed by atoms with Crippen molar-refractivity contribution in [3.63, 3.8) is 0 Å². The van der Waals surface area contributed by atoms with Gasteiger partial charge in [-0.2, -0.15) is 13.2 Å². The molecular formula is C11H21F3N4O. The molecule has 0 saturated carbocycles. The van der Waals surface area contributed by atoms with Gasteiger partial charge in [-0.05, 0) is 33.4 Å². The third-order valence-electron chi connectivity index (χ3n) is 3.69. The zero-order valence-electron chi connectivity index (χ0n) is 11.1. The number of hydrogen-bond acceptors (Lipinski definition) is 4. The molecule has 8 heteroatoms. The zero-order valence-corrected chi connectivity index (χ0v) is 11.1. The highest BCUT2D eigenvalue weighted by Gasteiger charge is 2.43. The lowest BCUT2D eigenvalue weighted by Gasteiger charge is -2.36. The zero-order chi connectivity index (χ0) is 14.6. The molecule has 0 aromatic rings. The summed E-state index contributed by atoms with van der Waals surface area (Å²) in [6, 6.07) is 0.363. The first-order chi connectivity index (χ1) is 8.75. The van der Waals surface area contributed by atoms with Gasteiger partial charge in [0.25, 0.3) is 0 Å². The largest absolute Gasteiger partial charge is 0.409 e. The summed E-state index contributed by atoms with van der Waals surface area (Å²) in [6.07, 6.45) is -2.93. The third kappa shape index (κ3) is 4.54. The number of nitrogens with two attached hydrogens (primary N) is 1. The minimum Gasteiger partial charge on any atom is -0.409 e.